The molecule has 0 radical (unpaired) electrons. The third kappa shape index (κ3) is 5.72. The Kier molecular flexibility index (Phi) is 7.12. The van der Waals surface area contributed by atoms with Crippen molar-refractivity contribution >= 4 is 23.4 Å². The van der Waals surface area contributed by atoms with Gasteiger partial charge in [-0.15, -0.1) is 0 Å². The number of rotatable bonds is 9. The van der Waals surface area contributed by atoms with Gasteiger partial charge in [-0.25, -0.2) is 4.39 Å². The molecular formula is C25H29FN4O4. The Morgan fingerprint density at radius 1 is 1.29 bits per heavy atom. The number of anilines is 1. The first-order valence-corrected chi connectivity index (χ1v) is 11.3. The van der Waals surface area contributed by atoms with Crippen LogP contribution < -0.4 is 15.8 Å². The first kappa shape index (κ1) is 23.7. The van der Waals surface area contributed by atoms with Crippen molar-refractivity contribution in [1.82, 2.24) is 9.80 Å². The number of hydrogen-bond acceptors (Lipinski definition) is 5. The minimum Gasteiger partial charge on any atom is -0.484 e. The lowest BCUT2D eigenvalue weighted by Crippen LogP contribution is -2.39. The van der Waals surface area contributed by atoms with E-state index in [4.69, 9.17) is 10.5 Å². The maximum absolute atomic E-state index is 13.8. The predicted molar refractivity (Wildman–Crippen MR) is 125 cm³/mol. The fraction of sp³-hybridized carbons (Fsp3) is 0.400. The standard InChI is InChI=1S/C25H29FN4O4/c1-29(25(33)10-16-5-6-17-12-24(32)28-21(17)9-16)22(14-30-8-7-19(26)13-30)18-3-2-4-20(11-18)34-15-23(27)31/h2-6,9,11,19,22H,7-8,10,12-15H2,1H3,(H2,27,31)(H,28,32)/t19-,22+/m0/s1. The summed E-state index contributed by atoms with van der Waals surface area (Å²) in [5.74, 6) is -0.258. The highest BCUT2D eigenvalue weighted by atomic mass is 19.1. The highest BCUT2D eigenvalue weighted by Gasteiger charge is 2.29. The van der Waals surface area contributed by atoms with Gasteiger partial charge in [0.1, 0.15) is 11.9 Å². The summed E-state index contributed by atoms with van der Waals surface area (Å²) in [5, 5.41) is 2.81. The van der Waals surface area contributed by atoms with Gasteiger partial charge in [0, 0.05) is 32.4 Å². The molecule has 4 rings (SSSR count). The summed E-state index contributed by atoms with van der Waals surface area (Å²) in [4.78, 5) is 39.7. The average molecular weight is 469 g/mol. The molecular weight excluding hydrogens is 439 g/mol. The van der Waals surface area contributed by atoms with Crippen molar-refractivity contribution in [3.05, 3.63) is 59.2 Å². The van der Waals surface area contributed by atoms with Gasteiger partial charge in [-0.3, -0.25) is 19.3 Å². The first-order chi connectivity index (χ1) is 16.3. The Morgan fingerprint density at radius 3 is 2.85 bits per heavy atom. The summed E-state index contributed by atoms with van der Waals surface area (Å²) in [5.41, 5.74) is 8.48. The molecule has 2 aliphatic heterocycles. The summed E-state index contributed by atoms with van der Waals surface area (Å²) in [6, 6.07) is 12.4. The second-order valence-corrected chi connectivity index (χ2v) is 8.89. The number of nitrogens with two attached hydrogens (primary N) is 1. The summed E-state index contributed by atoms with van der Waals surface area (Å²) >= 11 is 0. The van der Waals surface area contributed by atoms with Crippen molar-refractivity contribution in [2.75, 3.05) is 38.6 Å². The number of primary amides is 1. The van der Waals surface area contributed by atoms with E-state index in [0.29, 0.717) is 38.2 Å². The molecule has 0 spiro atoms. The van der Waals surface area contributed by atoms with Crippen LogP contribution in [0.5, 0.6) is 5.75 Å². The molecule has 0 unspecified atom stereocenters. The molecule has 0 aliphatic carbocycles. The van der Waals surface area contributed by atoms with Gasteiger partial charge >= 0.3 is 0 Å². The molecule has 2 aromatic rings. The Labute approximate surface area is 197 Å². The average Bonchev–Trinajstić information content (AvgIpc) is 3.39. The lowest BCUT2D eigenvalue weighted by molar-refractivity contribution is -0.131. The highest BCUT2D eigenvalue weighted by molar-refractivity contribution is 5.99. The smallest absolute Gasteiger partial charge is 0.255 e. The minimum absolute atomic E-state index is 0.0501. The van der Waals surface area contributed by atoms with Crippen LogP contribution in [0.3, 0.4) is 0 Å². The molecule has 0 bridgehead atoms. The van der Waals surface area contributed by atoms with Crippen LogP contribution in [0.15, 0.2) is 42.5 Å². The molecule has 2 aromatic carbocycles. The zero-order chi connectivity index (χ0) is 24.2. The monoisotopic (exact) mass is 468 g/mol. The van der Waals surface area contributed by atoms with Gasteiger partial charge < -0.3 is 20.7 Å². The number of benzene rings is 2. The van der Waals surface area contributed by atoms with Crippen molar-refractivity contribution in [3.8, 4) is 5.75 Å². The van der Waals surface area contributed by atoms with Crippen LogP contribution >= 0.6 is 0 Å². The SMILES string of the molecule is CN(C(=O)Cc1ccc2c(c1)NC(=O)C2)[C@H](CN1CC[C@H](F)C1)c1cccc(OCC(N)=O)c1. The second-order valence-electron chi connectivity index (χ2n) is 8.89. The molecule has 2 heterocycles. The molecule has 0 aromatic heterocycles. The molecule has 1 fully saturated rings. The van der Waals surface area contributed by atoms with Crippen LogP contribution in [0.1, 0.15) is 29.2 Å². The van der Waals surface area contributed by atoms with E-state index in [1.807, 2.05) is 29.2 Å². The van der Waals surface area contributed by atoms with E-state index in [-0.39, 0.29) is 30.9 Å². The topological polar surface area (TPSA) is 105 Å². The van der Waals surface area contributed by atoms with Crippen LogP contribution in [-0.2, 0) is 27.2 Å². The number of alkyl halides is 1. The van der Waals surface area contributed by atoms with Crippen molar-refractivity contribution in [3.63, 3.8) is 0 Å². The minimum atomic E-state index is -0.867. The number of amides is 3. The van der Waals surface area contributed by atoms with Crippen LogP contribution in [0.25, 0.3) is 0 Å². The number of hydrogen-bond donors (Lipinski definition) is 2. The Morgan fingerprint density at radius 2 is 2.12 bits per heavy atom. The van der Waals surface area contributed by atoms with Gasteiger partial charge in [0.15, 0.2) is 6.61 Å². The fourth-order valence-corrected chi connectivity index (χ4v) is 4.46. The lowest BCUT2D eigenvalue weighted by atomic mass is 10.0. The number of fused-ring (bicyclic) bond motifs is 1. The number of nitrogens with zero attached hydrogens (tertiary/aromatic N) is 2. The molecule has 1 saturated heterocycles. The molecule has 2 atom stereocenters. The number of halogens is 1. The molecule has 34 heavy (non-hydrogen) atoms. The predicted octanol–water partition coefficient (Wildman–Crippen LogP) is 1.83. The number of likely N-dealkylation sites (tertiary alicyclic amines) is 1. The highest BCUT2D eigenvalue weighted by Crippen LogP contribution is 2.28. The summed E-state index contributed by atoms with van der Waals surface area (Å²) < 4.78 is 19.3. The van der Waals surface area contributed by atoms with Gasteiger partial charge in [0.2, 0.25) is 11.8 Å². The maximum atomic E-state index is 13.8. The number of carbonyl (C=O) groups is 3. The maximum Gasteiger partial charge on any atom is 0.255 e. The van der Waals surface area contributed by atoms with Crippen molar-refractivity contribution < 1.29 is 23.5 Å². The van der Waals surface area contributed by atoms with Crippen molar-refractivity contribution in [2.24, 2.45) is 5.73 Å². The van der Waals surface area contributed by atoms with Crippen LogP contribution in [-0.4, -0.2) is 67.0 Å². The normalized spacial score (nSPS) is 18.3. The number of carbonyl (C=O) groups excluding carboxylic acids is 3. The fourth-order valence-electron chi connectivity index (χ4n) is 4.46. The summed E-state index contributed by atoms with van der Waals surface area (Å²) in [6.07, 6.45) is 0.131. The van der Waals surface area contributed by atoms with Gasteiger partial charge in [-0.2, -0.15) is 0 Å². The number of likely N-dealkylation sites (N-methyl/N-ethyl adjacent to an activating group) is 1. The molecule has 180 valence electrons. The Balaban J connectivity index is 1.52. The van der Waals surface area contributed by atoms with Gasteiger partial charge in [-0.05, 0) is 41.3 Å². The van der Waals surface area contributed by atoms with E-state index in [2.05, 4.69) is 5.32 Å². The molecule has 0 saturated carbocycles. The molecule has 8 nitrogen and oxygen atoms in total. The lowest BCUT2D eigenvalue weighted by Gasteiger charge is -2.32. The third-order valence-corrected chi connectivity index (χ3v) is 6.29. The van der Waals surface area contributed by atoms with E-state index in [1.54, 1.807) is 30.1 Å². The van der Waals surface area contributed by atoms with E-state index >= 15 is 0 Å². The molecule has 9 heteroatoms. The second kappa shape index (κ2) is 10.2. The van der Waals surface area contributed by atoms with Gasteiger partial charge in [-0.1, -0.05) is 24.3 Å². The number of ether oxygens (including phenoxy) is 1. The van der Waals surface area contributed by atoms with E-state index < -0.39 is 12.1 Å². The van der Waals surface area contributed by atoms with Crippen molar-refractivity contribution in [2.45, 2.75) is 31.5 Å². The quantitative estimate of drug-likeness (QED) is 0.584. The van der Waals surface area contributed by atoms with Crippen LogP contribution in [0, 0.1) is 0 Å². The molecule has 3 N–H and O–H groups in total. The Bertz CT molecular complexity index is 1090. The molecule has 3 amide bonds. The van der Waals surface area contributed by atoms with Crippen molar-refractivity contribution in [1.29, 1.82) is 0 Å². The van der Waals surface area contributed by atoms with E-state index in [9.17, 15) is 18.8 Å². The van der Waals surface area contributed by atoms with Crippen LogP contribution in [0.4, 0.5) is 10.1 Å². The number of nitrogens with one attached hydrogen (secondary N) is 1. The largest absolute Gasteiger partial charge is 0.484 e. The van der Waals surface area contributed by atoms with Gasteiger partial charge in [0.05, 0.1) is 18.9 Å². The van der Waals surface area contributed by atoms with E-state index in [1.165, 1.54) is 0 Å². The summed E-state index contributed by atoms with van der Waals surface area (Å²) in [6.45, 7) is 1.19. The Hall–Kier alpha value is -3.46. The third-order valence-electron chi connectivity index (χ3n) is 6.29. The van der Waals surface area contributed by atoms with Gasteiger partial charge in [0.25, 0.3) is 5.91 Å². The zero-order valence-corrected chi connectivity index (χ0v) is 19.1. The van der Waals surface area contributed by atoms with Crippen LogP contribution in [0.2, 0.25) is 0 Å². The zero-order valence-electron chi connectivity index (χ0n) is 19.1. The molecule has 2 aliphatic rings. The van der Waals surface area contributed by atoms with E-state index in [0.717, 1.165) is 22.4 Å². The summed E-state index contributed by atoms with van der Waals surface area (Å²) in [7, 11) is 1.74. The first-order valence-electron chi connectivity index (χ1n) is 11.3.